The molecule has 18 heavy (non-hydrogen) atoms. The van der Waals surface area contributed by atoms with E-state index in [4.69, 9.17) is 27.6 Å². The lowest BCUT2D eigenvalue weighted by atomic mass is 10.3. The molecule has 2 rings (SSSR count). The number of furan rings is 1. The lowest BCUT2D eigenvalue weighted by Gasteiger charge is -2.00. The van der Waals surface area contributed by atoms with E-state index in [1.54, 1.807) is 30.3 Å². The van der Waals surface area contributed by atoms with Crippen LogP contribution in [0.3, 0.4) is 0 Å². The van der Waals surface area contributed by atoms with Gasteiger partial charge >= 0.3 is 0 Å². The number of hydrogen-bond acceptors (Lipinski definition) is 4. The van der Waals surface area contributed by atoms with E-state index >= 15 is 0 Å². The number of carbonyl (C=O) groups excluding carboxylic acids is 1. The third kappa shape index (κ3) is 3.12. The summed E-state index contributed by atoms with van der Waals surface area (Å²) in [5, 5.41) is 4.16. The van der Waals surface area contributed by atoms with Crippen LogP contribution >= 0.6 is 23.2 Å². The standard InChI is InChI=1S/C12H8Cl2N2O2/c13-8-3-5-9(6-4-8)15-16-12(14)11(17)10-2-1-7-18-10/h1-7,15H. The molecule has 0 atom stereocenters. The minimum absolute atomic E-state index is 0.140. The van der Waals surface area contributed by atoms with Crippen LogP contribution in [0, 0.1) is 0 Å². The van der Waals surface area contributed by atoms with Crippen molar-refractivity contribution in [2.24, 2.45) is 5.10 Å². The first-order chi connectivity index (χ1) is 8.66. The zero-order chi connectivity index (χ0) is 13.0. The van der Waals surface area contributed by atoms with Gasteiger partial charge in [0.05, 0.1) is 12.0 Å². The molecule has 6 heteroatoms. The van der Waals surface area contributed by atoms with Crippen LogP contribution in [-0.2, 0) is 0 Å². The number of benzene rings is 1. The van der Waals surface area contributed by atoms with Gasteiger partial charge in [0, 0.05) is 5.02 Å². The molecule has 0 radical (unpaired) electrons. The summed E-state index contributed by atoms with van der Waals surface area (Å²) >= 11 is 11.5. The van der Waals surface area contributed by atoms with Crippen molar-refractivity contribution < 1.29 is 9.21 Å². The summed E-state index contributed by atoms with van der Waals surface area (Å²) in [7, 11) is 0. The number of nitrogens with zero attached hydrogens (tertiary/aromatic N) is 1. The number of halogens is 2. The molecule has 1 heterocycles. The Kier molecular flexibility index (Phi) is 4.02. The molecule has 0 saturated carbocycles. The van der Waals surface area contributed by atoms with Gasteiger partial charge in [-0.2, -0.15) is 5.10 Å². The summed E-state index contributed by atoms with van der Waals surface area (Å²) in [6.45, 7) is 0. The van der Waals surface area contributed by atoms with Crippen molar-refractivity contribution in [3.63, 3.8) is 0 Å². The fourth-order valence-electron chi connectivity index (χ4n) is 1.20. The van der Waals surface area contributed by atoms with Crippen molar-refractivity contribution in [1.82, 2.24) is 0 Å². The van der Waals surface area contributed by atoms with Gasteiger partial charge in [-0.15, -0.1) is 0 Å². The predicted octanol–water partition coefficient (Wildman–Crippen LogP) is 3.78. The molecular formula is C12H8Cl2N2O2. The Hall–Kier alpha value is -1.78. The Morgan fingerprint density at radius 1 is 1.22 bits per heavy atom. The quantitative estimate of drug-likeness (QED) is 0.527. The van der Waals surface area contributed by atoms with Gasteiger partial charge in [-0.25, -0.2) is 0 Å². The maximum absolute atomic E-state index is 11.7. The lowest BCUT2D eigenvalue weighted by Crippen LogP contribution is -2.09. The summed E-state index contributed by atoms with van der Waals surface area (Å²) in [6, 6.07) is 9.94. The van der Waals surface area contributed by atoms with Gasteiger partial charge in [0.1, 0.15) is 0 Å². The third-order valence-corrected chi connectivity index (χ3v) is 2.57. The van der Waals surface area contributed by atoms with Crippen LogP contribution in [0.4, 0.5) is 5.69 Å². The number of carbonyl (C=O) groups is 1. The normalized spacial score (nSPS) is 11.3. The Morgan fingerprint density at radius 2 is 1.94 bits per heavy atom. The van der Waals surface area contributed by atoms with E-state index in [9.17, 15) is 4.79 Å². The largest absolute Gasteiger partial charge is 0.461 e. The van der Waals surface area contributed by atoms with Gasteiger partial charge in [0.2, 0.25) is 5.17 Å². The molecule has 0 fully saturated rings. The van der Waals surface area contributed by atoms with Gasteiger partial charge in [-0.3, -0.25) is 10.2 Å². The molecule has 0 saturated heterocycles. The van der Waals surface area contributed by atoms with E-state index in [-0.39, 0.29) is 10.9 Å². The number of anilines is 1. The fourth-order valence-corrected chi connectivity index (χ4v) is 1.46. The minimum Gasteiger partial charge on any atom is -0.461 e. The van der Waals surface area contributed by atoms with Gasteiger partial charge in [-0.05, 0) is 36.4 Å². The van der Waals surface area contributed by atoms with Crippen LogP contribution in [-0.4, -0.2) is 11.0 Å². The molecule has 92 valence electrons. The zero-order valence-electron chi connectivity index (χ0n) is 9.06. The van der Waals surface area contributed by atoms with Crippen molar-refractivity contribution in [2.45, 2.75) is 0 Å². The van der Waals surface area contributed by atoms with E-state index in [1.165, 1.54) is 12.3 Å². The molecule has 0 aliphatic heterocycles. The molecule has 0 spiro atoms. The Bertz CT molecular complexity index is 562. The highest BCUT2D eigenvalue weighted by molar-refractivity contribution is 6.84. The second-order valence-electron chi connectivity index (χ2n) is 3.33. The van der Waals surface area contributed by atoms with Crippen LogP contribution < -0.4 is 5.43 Å². The van der Waals surface area contributed by atoms with Crippen LogP contribution in [0.2, 0.25) is 5.02 Å². The smallest absolute Gasteiger partial charge is 0.259 e. The van der Waals surface area contributed by atoms with E-state index in [2.05, 4.69) is 10.5 Å². The Balaban J connectivity index is 2.05. The molecule has 1 aromatic heterocycles. The summed E-state index contributed by atoms with van der Waals surface area (Å²) in [5.74, 6) is -0.343. The number of rotatable bonds is 4. The van der Waals surface area contributed by atoms with E-state index < -0.39 is 5.78 Å². The monoisotopic (exact) mass is 282 g/mol. The summed E-state index contributed by atoms with van der Waals surface area (Å²) in [4.78, 5) is 11.7. The average molecular weight is 283 g/mol. The van der Waals surface area contributed by atoms with Gasteiger partial charge in [0.15, 0.2) is 5.76 Å². The topological polar surface area (TPSA) is 54.6 Å². The molecule has 2 aromatic rings. The fraction of sp³-hybridized carbons (Fsp3) is 0. The number of ketones is 1. The molecule has 0 aliphatic rings. The molecule has 1 aromatic carbocycles. The molecule has 1 N–H and O–H groups in total. The minimum atomic E-state index is -0.483. The van der Waals surface area contributed by atoms with Crippen LogP contribution in [0.25, 0.3) is 0 Å². The lowest BCUT2D eigenvalue weighted by molar-refractivity contribution is 0.104. The van der Waals surface area contributed by atoms with Crippen molar-refractivity contribution in [2.75, 3.05) is 5.43 Å². The highest BCUT2D eigenvalue weighted by Gasteiger charge is 2.14. The van der Waals surface area contributed by atoms with Crippen LogP contribution in [0.5, 0.6) is 0 Å². The zero-order valence-corrected chi connectivity index (χ0v) is 10.6. The highest BCUT2D eigenvalue weighted by Crippen LogP contribution is 2.13. The van der Waals surface area contributed by atoms with Crippen molar-refractivity contribution >= 4 is 39.8 Å². The number of Topliss-reactive ketones (excluding diaryl/α,β-unsaturated/α-hetero) is 1. The maximum Gasteiger partial charge on any atom is 0.259 e. The van der Waals surface area contributed by atoms with Crippen molar-refractivity contribution in [3.8, 4) is 0 Å². The first-order valence-electron chi connectivity index (χ1n) is 5.00. The molecule has 0 aliphatic carbocycles. The number of nitrogens with one attached hydrogen (secondary N) is 1. The summed E-state index contributed by atoms with van der Waals surface area (Å²) in [5.41, 5.74) is 3.32. The van der Waals surface area contributed by atoms with Crippen molar-refractivity contribution in [1.29, 1.82) is 0 Å². The maximum atomic E-state index is 11.7. The molecule has 0 unspecified atom stereocenters. The molecular weight excluding hydrogens is 275 g/mol. The van der Waals surface area contributed by atoms with Crippen LogP contribution in [0.15, 0.2) is 52.2 Å². The predicted molar refractivity (Wildman–Crippen MR) is 71.4 cm³/mol. The van der Waals surface area contributed by atoms with Crippen molar-refractivity contribution in [3.05, 3.63) is 53.4 Å². The van der Waals surface area contributed by atoms with Gasteiger partial charge < -0.3 is 4.42 Å². The summed E-state index contributed by atoms with van der Waals surface area (Å²) in [6.07, 6.45) is 1.39. The van der Waals surface area contributed by atoms with E-state index in [0.717, 1.165) is 0 Å². The number of hydrogen-bond donors (Lipinski definition) is 1. The number of hydrazone groups is 1. The highest BCUT2D eigenvalue weighted by atomic mass is 35.5. The Labute approximate surface area is 113 Å². The first-order valence-corrected chi connectivity index (χ1v) is 5.75. The summed E-state index contributed by atoms with van der Waals surface area (Å²) < 4.78 is 4.92. The second kappa shape index (κ2) is 5.71. The van der Waals surface area contributed by atoms with E-state index in [0.29, 0.717) is 10.7 Å². The van der Waals surface area contributed by atoms with E-state index in [1.807, 2.05) is 0 Å². The molecule has 0 bridgehead atoms. The van der Waals surface area contributed by atoms with Crippen LogP contribution in [0.1, 0.15) is 10.6 Å². The first kappa shape index (κ1) is 12.7. The average Bonchev–Trinajstić information content (AvgIpc) is 2.90. The van der Waals surface area contributed by atoms with Gasteiger partial charge in [-0.1, -0.05) is 23.2 Å². The second-order valence-corrected chi connectivity index (χ2v) is 4.12. The van der Waals surface area contributed by atoms with Gasteiger partial charge in [0.25, 0.3) is 5.78 Å². The Morgan fingerprint density at radius 3 is 2.56 bits per heavy atom. The SMILES string of the molecule is O=C(C(Cl)=NNc1ccc(Cl)cc1)c1ccco1. The third-order valence-electron chi connectivity index (χ3n) is 2.06. The molecule has 4 nitrogen and oxygen atoms in total. The molecule has 0 amide bonds.